The van der Waals surface area contributed by atoms with Crippen LogP contribution < -0.4 is 4.74 Å². The van der Waals surface area contributed by atoms with Crippen LogP contribution in [0.1, 0.15) is 55.5 Å². The normalized spacial score (nSPS) is 13.8. The molecule has 0 amide bonds. The molecule has 11 heteroatoms. The van der Waals surface area contributed by atoms with Crippen LogP contribution in [0.15, 0.2) is 42.9 Å². The van der Waals surface area contributed by atoms with E-state index in [0.29, 0.717) is 23.9 Å². The first kappa shape index (κ1) is 28.3. The summed E-state index contributed by atoms with van der Waals surface area (Å²) in [6.45, 7) is 14.7. The summed E-state index contributed by atoms with van der Waals surface area (Å²) in [6, 6.07) is 6.35. The highest BCUT2D eigenvalue weighted by atomic mass is 32.1. The summed E-state index contributed by atoms with van der Waals surface area (Å²) in [5.41, 5.74) is 1.17. The molecule has 4 rings (SSSR count). The van der Waals surface area contributed by atoms with Crippen LogP contribution in [0.5, 0.6) is 5.75 Å². The second-order valence-corrected chi connectivity index (χ2v) is 16.9. The number of ether oxygens (including phenoxy) is 1. The molecule has 0 bridgehead atoms. The Morgan fingerprint density at radius 3 is 2.45 bits per heavy atom. The highest BCUT2D eigenvalue weighted by molar-refractivity contribution is 7.14. The van der Waals surface area contributed by atoms with Gasteiger partial charge in [0.05, 0.1) is 29.6 Å². The second kappa shape index (κ2) is 10.1. The third kappa shape index (κ3) is 5.79. The lowest BCUT2D eigenvalue weighted by Gasteiger charge is -2.36. The molecule has 0 N–H and O–H groups in total. The van der Waals surface area contributed by atoms with Gasteiger partial charge in [0.2, 0.25) is 0 Å². The number of pyridine rings is 1. The summed E-state index contributed by atoms with van der Waals surface area (Å²) in [5, 5.41) is 0.875. The van der Waals surface area contributed by atoms with Crippen molar-refractivity contribution in [2.24, 2.45) is 0 Å². The summed E-state index contributed by atoms with van der Waals surface area (Å²) in [4.78, 5) is 9.75. The van der Waals surface area contributed by atoms with Crippen LogP contribution in [0.25, 0.3) is 16.0 Å². The smallest absolute Gasteiger partial charge is 0.416 e. The molecule has 204 valence electrons. The van der Waals surface area contributed by atoms with Crippen molar-refractivity contribution in [1.82, 2.24) is 14.5 Å². The van der Waals surface area contributed by atoms with Gasteiger partial charge in [-0.25, -0.2) is 9.37 Å². The molecular formula is C27H31F4N3O2SSi. The Morgan fingerprint density at radius 2 is 1.79 bits per heavy atom. The Hall–Kier alpha value is -2.76. The van der Waals surface area contributed by atoms with Crippen molar-refractivity contribution >= 4 is 30.7 Å². The van der Waals surface area contributed by atoms with E-state index in [1.54, 1.807) is 18.6 Å². The Bertz CT molecular complexity index is 1460. The van der Waals surface area contributed by atoms with Crippen molar-refractivity contribution in [3.05, 3.63) is 70.4 Å². The number of aromatic nitrogens is 3. The van der Waals surface area contributed by atoms with Crippen LogP contribution in [0.3, 0.4) is 0 Å². The lowest BCUT2D eigenvalue weighted by atomic mass is 10.0. The standard InChI is InChI=1S/C27H31F4N3O2SSi/c1-16(20-9-8-18(28)10-21(20)27(29,30)31)36-24-12-25(37-17(24)2)34-15-33-22-13-32-19(11-23(22)34)14-35-38(6,7)26(3,4)5/h8-13,15-16H,14H2,1-7H3. The monoisotopic (exact) mass is 565 g/mol. The molecule has 0 spiro atoms. The summed E-state index contributed by atoms with van der Waals surface area (Å²) in [6.07, 6.45) is -2.25. The SMILES string of the molecule is Cc1sc(-n2cnc3cnc(CO[Si](C)(C)C(C)(C)C)cc32)cc1OC(C)c1ccc(F)cc1C(F)(F)F. The number of rotatable bonds is 7. The number of halogens is 4. The van der Waals surface area contributed by atoms with Gasteiger partial charge in [-0.3, -0.25) is 9.55 Å². The number of hydrogen-bond acceptors (Lipinski definition) is 5. The molecule has 4 aromatic rings. The van der Waals surface area contributed by atoms with E-state index in [9.17, 15) is 17.6 Å². The number of alkyl halides is 3. The molecule has 1 atom stereocenters. The Morgan fingerprint density at radius 1 is 1.08 bits per heavy atom. The minimum atomic E-state index is -4.69. The Kier molecular flexibility index (Phi) is 7.50. The lowest BCUT2D eigenvalue weighted by Crippen LogP contribution is -2.40. The first-order valence-corrected chi connectivity index (χ1v) is 15.9. The number of fused-ring (bicyclic) bond motifs is 1. The average Bonchev–Trinajstić information content (AvgIpc) is 3.39. The number of nitrogens with zero attached hydrogens (tertiary/aromatic N) is 3. The number of thiophene rings is 1. The molecule has 0 saturated heterocycles. The van der Waals surface area contributed by atoms with E-state index in [0.717, 1.165) is 33.2 Å². The average molecular weight is 566 g/mol. The number of imidazole rings is 1. The van der Waals surface area contributed by atoms with Crippen LogP contribution in [-0.4, -0.2) is 22.9 Å². The van der Waals surface area contributed by atoms with Crippen LogP contribution >= 0.6 is 11.3 Å². The van der Waals surface area contributed by atoms with Gasteiger partial charge in [-0.05, 0) is 50.2 Å². The second-order valence-electron chi connectivity index (χ2n) is 10.8. The van der Waals surface area contributed by atoms with E-state index in [2.05, 4.69) is 43.8 Å². The molecule has 5 nitrogen and oxygen atoms in total. The van der Waals surface area contributed by atoms with Crippen molar-refractivity contribution in [3.63, 3.8) is 0 Å². The van der Waals surface area contributed by atoms with Crippen LogP contribution in [0, 0.1) is 12.7 Å². The first-order chi connectivity index (χ1) is 17.6. The van der Waals surface area contributed by atoms with Gasteiger partial charge in [-0.15, -0.1) is 11.3 Å². The maximum absolute atomic E-state index is 13.5. The van der Waals surface area contributed by atoms with Crippen LogP contribution in [0.2, 0.25) is 18.1 Å². The predicted molar refractivity (Wildman–Crippen MR) is 144 cm³/mol. The third-order valence-electron chi connectivity index (χ3n) is 7.04. The molecule has 0 aliphatic rings. The van der Waals surface area contributed by atoms with E-state index < -0.39 is 32.0 Å². The fourth-order valence-electron chi connectivity index (χ4n) is 3.75. The molecular weight excluding hydrogens is 534 g/mol. The zero-order valence-electron chi connectivity index (χ0n) is 22.4. The predicted octanol–water partition coefficient (Wildman–Crippen LogP) is 8.61. The van der Waals surface area contributed by atoms with Gasteiger partial charge in [0.15, 0.2) is 8.32 Å². The number of aryl methyl sites for hydroxylation is 1. The van der Waals surface area contributed by atoms with Crippen molar-refractivity contribution in [1.29, 1.82) is 0 Å². The van der Waals surface area contributed by atoms with Crippen molar-refractivity contribution in [3.8, 4) is 10.8 Å². The summed E-state index contributed by atoms with van der Waals surface area (Å²) < 4.78 is 68.3. The van der Waals surface area contributed by atoms with E-state index in [4.69, 9.17) is 9.16 Å². The lowest BCUT2D eigenvalue weighted by molar-refractivity contribution is -0.139. The Labute approximate surface area is 224 Å². The van der Waals surface area contributed by atoms with E-state index in [-0.39, 0.29) is 10.6 Å². The molecule has 0 saturated carbocycles. The topological polar surface area (TPSA) is 49.2 Å². The van der Waals surface area contributed by atoms with Gasteiger partial charge < -0.3 is 9.16 Å². The zero-order valence-corrected chi connectivity index (χ0v) is 24.2. The number of hydrogen-bond donors (Lipinski definition) is 0. The molecule has 3 heterocycles. The zero-order chi connectivity index (χ0) is 28.0. The molecule has 1 unspecified atom stereocenters. The molecule has 0 radical (unpaired) electrons. The maximum atomic E-state index is 13.5. The number of benzene rings is 1. The van der Waals surface area contributed by atoms with Gasteiger partial charge in [0.1, 0.15) is 34.5 Å². The van der Waals surface area contributed by atoms with E-state index in [1.807, 2.05) is 17.6 Å². The maximum Gasteiger partial charge on any atom is 0.416 e. The molecule has 0 aliphatic heterocycles. The quantitative estimate of drug-likeness (QED) is 0.166. The fraction of sp³-hybridized carbons (Fsp3) is 0.407. The Balaban J connectivity index is 1.60. The minimum absolute atomic E-state index is 0.0791. The van der Waals surface area contributed by atoms with Crippen molar-refractivity contribution in [2.75, 3.05) is 0 Å². The molecule has 38 heavy (non-hydrogen) atoms. The molecule has 3 aromatic heterocycles. The largest absolute Gasteiger partial charge is 0.485 e. The minimum Gasteiger partial charge on any atom is -0.485 e. The van der Waals surface area contributed by atoms with Gasteiger partial charge in [0.25, 0.3) is 0 Å². The molecule has 1 aromatic carbocycles. The van der Waals surface area contributed by atoms with Crippen LogP contribution in [-0.2, 0) is 17.2 Å². The first-order valence-electron chi connectivity index (χ1n) is 12.2. The summed E-state index contributed by atoms with van der Waals surface area (Å²) in [5.74, 6) is -0.495. The van der Waals surface area contributed by atoms with Crippen molar-refractivity contribution in [2.45, 2.75) is 71.6 Å². The fourth-order valence-corrected chi connectivity index (χ4v) is 5.62. The highest BCUT2D eigenvalue weighted by Crippen LogP contribution is 2.40. The molecule has 0 aliphatic carbocycles. The van der Waals surface area contributed by atoms with Gasteiger partial charge in [-0.1, -0.05) is 26.8 Å². The highest BCUT2D eigenvalue weighted by Gasteiger charge is 2.37. The van der Waals surface area contributed by atoms with E-state index in [1.165, 1.54) is 18.3 Å². The summed E-state index contributed by atoms with van der Waals surface area (Å²) in [7, 11) is -1.95. The van der Waals surface area contributed by atoms with Crippen molar-refractivity contribution < 1.29 is 26.7 Å². The summed E-state index contributed by atoms with van der Waals surface area (Å²) >= 11 is 1.43. The molecule has 0 fully saturated rings. The van der Waals surface area contributed by atoms with Gasteiger partial charge in [0, 0.05) is 16.5 Å². The van der Waals surface area contributed by atoms with Gasteiger partial charge >= 0.3 is 6.18 Å². The third-order valence-corrected chi connectivity index (χ3v) is 12.5. The van der Waals surface area contributed by atoms with Gasteiger partial charge in [-0.2, -0.15) is 13.2 Å². The van der Waals surface area contributed by atoms with Crippen LogP contribution in [0.4, 0.5) is 17.6 Å². The van der Waals surface area contributed by atoms with E-state index >= 15 is 0 Å².